The molecule has 0 aliphatic carbocycles. The van der Waals surface area contributed by atoms with E-state index in [-0.39, 0.29) is 41.9 Å². The molecular weight excluding hydrogens is 422 g/mol. The van der Waals surface area contributed by atoms with Crippen LogP contribution in [0.4, 0.5) is 0 Å². The summed E-state index contributed by atoms with van der Waals surface area (Å²) in [6.07, 6.45) is 3.71. The number of esters is 1. The number of carbonyl (C=O) groups excluding carboxylic acids is 2. The van der Waals surface area contributed by atoms with Gasteiger partial charge in [-0.2, -0.15) is 4.31 Å². The maximum absolute atomic E-state index is 12.7. The molecule has 1 amide bonds. The van der Waals surface area contributed by atoms with E-state index in [1.165, 1.54) is 37.0 Å². The zero-order valence-corrected chi connectivity index (χ0v) is 18.2. The number of carbonyl (C=O) groups is 2. The van der Waals surface area contributed by atoms with Gasteiger partial charge in [0.25, 0.3) is 0 Å². The number of hydrogen-bond acceptors (Lipinski definition) is 7. The summed E-state index contributed by atoms with van der Waals surface area (Å²) in [7, 11) is -0.854. The monoisotopic (exact) mass is 447 g/mol. The Morgan fingerprint density at radius 2 is 1.94 bits per heavy atom. The van der Waals surface area contributed by atoms with Crippen molar-refractivity contribution in [3.05, 3.63) is 53.9 Å². The summed E-state index contributed by atoms with van der Waals surface area (Å²) in [5.41, 5.74) is 1.01. The van der Waals surface area contributed by atoms with E-state index in [1.54, 1.807) is 24.3 Å². The first kappa shape index (κ1) is 22.7. The van der Waals surface area contributed by atoms with Gasteiger partial charge in [-0.25, -0.2) is 13.2 Å². The van der Waals surface area contributed by atoms with Crippen LogP contribution >= 0.6 is 0 Å². The van der Waals surface area contributed by atoms with Gasteiger partial charge >= 0.3 is 5.97 Å². The van der Waals surface area contributed by atoms with Crippen LogP contribution in [-0.2, 0) is 26.1 Å². The molecule has 1 aromatic carbocycles. The lowest BCUT2D eigenvalue weighted by Crippen LogP contribution is -2.42. The van der Waals surface area contributed by atoms with Crippen LogP contribution in [0.5, 0.6) is 5.75 Å². The fourth-order valence-electron chi connectivity index (χ4n) is 3.48. The number of piperidine rings is 1. The van der Waals surface area contributed by atoms with Gasteiger partial charge in [0, 0.05) is 37.9 Å². The Labute approximate surface area is 181 Å². The second-order valence-electron chi connectivity index (χ2n) is 7.11. The van der Waals surface area contributed by atoms with Crippen LogP contribution in [0.3, 0.4) is 0 Å². The first-order valence-electron chi connectivity index (χ1n) is 9.80. The molecule has 1 aromatic heterocycles. The molecule has 2 aromatic rings. The van der Waals surface area contributed by atoms with Crippen LogP contribution in [0.25, 0.3) is 0 Å². The minimum absolute atomic E-state index is 0.145. The van der Waals surface area contributed by atoms with Gasteiger partial charge in [0.2, 0.25) is 15.9 Å². The minimum atomic E-state index is -3.61. The molecule has 3 rings (SSSR count). The Morgan fingerprint density at radius 1 is 1.19 bits per heavy atom. The van der Waals surface area contributed by atoms with Gasteiger partial charge < -0.3 is 14.8 Å². The molecule has 0 radical (unpaired) electrons. The number of hydrogen-bond donors (Lipinski definition) is 1. The average molecular weight is 448 g/mol. The van der Waals surface area contributed by atoms with Gasteiger partial charge in [0.1, 0.15) is 16.2 Å². The fraction of sp³-hybridized carbons (Fsp3) is 0.381. The van der Waals surface area contributed by atoms with Crippen LogP contribution in [-0.4, -0.2) is 56.9 Å². The van der Waals surface area contributed by atoms with Crippen LogP contribution in [0, 0.1) is 5.92 Å². The molecule has 0 saturated carbocycles. The number of benzene rings is 1. The molecule has 1 aliphatic heterocycles. The maximum atomic E-state index is 12.7. The second kappa shape index (κ2) is 9.88. The highest BCUT2D eigenvalue weighted by atomic mass is 32.2. The summed E-state index contributed by atoms with van der Waals surface area (Å²) >= 11 is 0. The third-order valence-corrected chi connectivity index (χ3v) is 7.12. The molecule has 0 spiro atoms. The van der Waals surface area contributed by atoms with E-state index in [1.807, 2.05) is 0 Å². The van der Waals surface area contributed by atoms with Crippen molar-refractivity contribution in [3.8, 4) is 5.75 Å². The smallest absolute Gasteiger partial charge is 0.341 e. The topological polar surface area (TPSA) is 115 Å². The van der Waals surface area contributed by atoms with Crippen molar-refractivity contribution in [2.45, 2.75) is 24.3 Å². The van der Waals surface area contributed by atoms with Gasteiger partial charge in [0.05, 0.1) is 14.2 Å². The van der Waals surface area contributed by atoms with Gasteiger partial charge in [-0.05, 0) is 42.7 Å². The zero-order valence-electron chi connectivity index (χ0n) is 17.4. The van der Waals surface area contributed by atoms with Crippen LogP contribution in [0.2, 0.25) is 0 Å². The first-order valence-corrected chi connectivity index (χ1v) is 11.2. The summed E-state index contributed by atoms with van der Waals surface area (Å²) < 4.78 is 36.7. The van der Waals surface area contributed by atoms with Crippen molar-refractivity contribution in [3.63, 3.8) is 0 Å². The third-order valence-electron chi connectivity index (χ3n) is 5.23. The number of sulfonamides is 1. The standard InChI is InChI=1S/C21H25N3O6S/c1-29-19-6-5-15(12-18(19)21(26)30-2)13-23-20(25)16-7-10-24(11-8-16)31(27,28)17-4-3-9-22-14-17/h3-6,9,12,14,16H,7-8,10-11,13H2,1-2H3,(H,23,25). The summed E-state index contributed by atoms with van der Waals surface area (Å²) in [6, 6.07) is 8.12. The van der Waals surface area contributed by atoms with Gasteiger partial charge in [-0.1, -0.05) is 6.07 Å². The predicted molar refractivity (Wildman–Crippen MR) is 112 cm³/mol. The SMILES string of the molecule is COC(=O)c1cc(CNC(=O)C2CCN(S(=O)(=O)c3cccnc3)CC2)ccc1OC. The molecule has 1 fully saturated rings. The van der Waals surface area contributed by atoms with Crippen LogP contribution in [0.15, 0.2) is 47.6 Å². The number of ether oxygens (including phenoxy) is 2. The molecule has 31 heavy (non-hydrogen) atoms. The van der Waals surface area contributed by atoms with Crippen molar-refractivity contribution < 1.29 is 27.5 Å². The van der Waals surface area contributed by atoms with E-state index in [4.69, 9.17) is 9.47 Å². The van der Waals surface area contributed by atoms with E-state index in [2.05, 4.69) is 10.3 Å². The molecule has 166 valence electrons. The Bertz CT molecular complexity index is 1030. The van der Waals surface area contributed by atoms with E-state index in [0.29, 0.717) is 18.6 Å². The lowest BCUT2D eigenvalue weighted by atomic mass is 9.97. The second-order valence-corrected chi connectivity index (χ2v) is 9.05. The van der Waals surface area contributed by atoms with E-state index in [0.717, 1.165) is 5.56 Å². The molecular formula is C21H25N3O6S. The van der Waals surface area contributed by atoms with Crippen molar-refractivity contribution in [2.75, 3.05) is 27.3 Å². The molecule has 1 saturated heterocycles. The van der Waals surface area contributed by atoms with E-state index >= 15 is 0 Å². The average Bonchev–Trinajstić information content (AvgIpc) is 2.82. The number of aromatic nitrogens is 1. The Balaban J connectivity index is 1.57. The lowest BCUT2D eigenvalue weighted by Gasteiger charge is -2.30. The van der Waals surface area contributed by atoms with E-state index < -0.39 is 16.0 Å². The normalized spacial score (nSPS) is 15.3. The number of amides is 1. The largest absolute Gasteiger partial charge is 0.496 e. The molecule has 2 heterocycles. The quantitative estimate of drug-likeness (QED) is 0.641. The number of pyridine rings is 1. The molecule has 10 heteroatoms. The van der Waals surface area contributed by atoms with Crippen molar-refractivity contribution >= 4 is 21.9 Å². The highest BCUT2D eigenvalue weighted by Gasteiger charge is 2.32. The summed E-state index contributed by atoms with van der Waals surface area (Å²) in [6.45, 7) is 0.774. The Hall–Kier alpha value is -2.98. The Morgan fingerprint density at radius 3 is 2.55 bits per heavy atom. The molecule has 1 N–H and O–H groups in total. The minimum Gasteiger partial charge on any atom is -0.496 e. The highest BCUT2D eigenvalue weighted by molar-refractivity contribution is 7.89. The first-order chi connectivity index (χ1) is 14.9. The Kier molecular flexibility index (Phi) is 7.24. The molecule has 9 nitrogen and oxygen atoms in total. The molecule has 0 atom stereocenters. The maximum Gasteiger partial charge on any atom is 0.341 e. The summed E-state index contributed by atoms with van der Waals surface area (Å²) in [5, 5.41) is 2.87. The number of nitrogens with one attached hydrogen (secondary N) is 1. The number of nitrogens with zero attached hydrogens (tertiary/aromatic N) is 2. The highest BCUT2D eigenvalue weighted by Crippen LogP contribution is 2.24. The van der Waals surface area contributed by atoms with Crippen molar-refractivity contribution in [1.29, 1.82) is 0 Å². The van der Waals surface area contributed by atoms with Crippen molar-refractivity contribution in [2.24, 2.45) is 5.92 Å². The van der Waals surface area contributed by atoms with Gasteiger partial charge in [-0.3, -0.25) is 9.78 Å². The molecule has 0 bridgehead atoms. The summed E-state index contributed by atoms with van der Waals surface area (Å²) in [5.74, 6) is -0.552. The summed E-state index contributed by atoms with van der Waals surface area (Å²) in [4.78, 5) is 28.5. The van der Waals surface area contributed by atoms with Crippen LogP contribution in [0.1, 0.15) is 28.8 Å². The van der Waals surface area contributed by atoms with Gasteiger partial charge in [0.15, 0.2) is 0 Å². The molecule has 0 unspecified atom stereocenters. The van der Waals surface area contributed by atoms with E-state index in [9.17, 15) is 18.0 Å². The number of rotatable bonds is 7. The molecule has 1 aliphatic rings. The van der Waals surface area contributed by atoms with Crippen molar-refractivity contribution in [1.82, 2.24) is 14.6 Å². The fourth-order valence-corrected chi connectivity index (χ4v) is 4.91. The van der Waals surface area contributed by atoms with Gasteiger partial charge in [-0.15, -0.1) is 0 Å². The number of methoxy groups -OCH3 is 2. The van der Waals surface area contributed by atoms with Crippen LogP contribution < -0.4 is 10.1 Å². The predicted octanol–water partition coefficient (Wildman–Crippen LogP) is 1.59. The third kappa shape index (κ3) is 5.20. The lowest BCUT2D eigenvalue weighted by molar-refractivity contribution is -0.126. The zero-order chi connectivity index (χ0) is 22.4.